The Kier molecular flexibility index (Phi) is 6.32. The summed E-state index contributed by atoms with van der Waals surface area (Å²) in [4.78, 5) is 22.2. The lowest BCUT2D eigenvalue weighted by atomic mass is 9.95. The minimum Gasteiger partial charge on any atom is -0.390 e. The summed E-state index contributed by atoms with van der Waals surface area (Å²) in [6, 6.07) is 3.46. The molecule has 0 aliphatic carbocycles. The van der Waals surface area contributed by atoms with Gasteiger partial charge in [-0.1, -0.05) is 17.8 Å². The number of aliphatic hydroxyl groups is 2. The van der Waals surface area contributed by atoms with Crippen molar-refractivity contribution < 1.29 is 24.2 Å². The maximum absolute atomic E-state index is 13.1. The Hall–Kier alpha value is -1.24. The monoisotopic (exact) mass is 300 g/mol. The SMILES string of the molecule is CC(=O)SCCC(O)C(O)c1ccc(F)cc1C(C)=O. The average molecular weight is 300 g/mol. The number of halogens is 1. The van der Waals surface area contributed by atoms with Crippen molar-refractivity contribution in [1.29, 1.82) is 0 Å². The maximum atomic E-state index is 13.1. The molecule has 0 aromatic heterocycles. The van der Waals surface area contributed by atoms with E-state index < -0.39 is 18.0 Å². The van der Waals surface area contributed by atoms with Crippen LogP contribution in [-0.4, -0.2) is 33.0 Å². The predicted molar refractivity (Wildman–Crippen MR) is 75.1 cm³/mol. The van der Waals surface area contributed by atoms with E-state index in [2.05, 4.69) is 0 Å². The first-order valence-corrected chi connectivity index (χ1v) is 7.11. The first kappa shape index (κ1) is 16.8. The number of hydrogen-bond acceptors (Lipinski definition) is 5. The van der Waals surface area contributed by atoms with Crippen molar-refractivity contribution in [3.63, 3.8) is 0 Å². The van der Waals surface area contributed by atoms with E-state index in [1.807, 2.05) is 0 Å². The minimum atomic E-state index is -1.29. The van der Waals surface area contributed by atoms with E-state index in [4.69, 9.17) is 0 Å². The Morgan fingerprint density at radius 1 is 1.30 bits per heavy atom. The van der Waals surface area contributed by atoms with Gasteiger partial charge >= 0.3 is 0 Å². The van der Waals surface area contributed by atoms with Gasteiger partial charge in [0.15, 0.2) is 10.9 Å². The summed E-state index contributed by atoms with van der Waals surface area (Å²) in [5.74, 6) is -0.596. The highest BCUT2D eigenvalue weighted by atomic mass is 32.2. The van der Waals surface area contributed by atoms with Crippen LogP contribution in [0.3, 0.4) is 0 Å². The molecule has 20 heavy (non-hydrogen) atoms. The third-order valence-corrected chi connectivity index (χ3v) is 3.64. The molecule has 0 amide bonds. The lowest BCUT2D eigenvalue weighted by Crippen LogP contribution is -2.21. The molecule has 0 saturated carbocycles. The highest BCUT2D eigenvalue weighted by Crippen LogP contribution is 2.25. The van der Waals surface area contributed by atoms with Crippen molar-refractivity contribution in [3.05, 3.63) is 35.1 Å². The standard InChI is InChI=1S/C14H17FO4S/c1-8(16)12-7-10(15)3-4-11(12)14(19)13(18)5-6-20-9(2)17/h3-4,7,13-14,18-19H,5-6H2,1-2H3. The second-order valence-corrected chi connectivity index (χ2v) is 5.70. The van der Waals surface area contributed by atoms with Gasteiger partial charge < -0.3 is 10.2 Å². The number of hydrogen-bond donors (Lipinski definition) is 2. The fourth-order valence-electron chi connectivity index (χ4n) is 1.78. The molecule has 2 atom stereocenters. The van der Waals surface area contributed by atoms with Crippen molar-refractivity contribution in [2.24, 2.45) is 0 Å². The summed E-state index contributed by atoms with van der Waals surface area (Å²) >= 11 is 1.05. The van der Waals surface area contributed by atoms with Gasteiger partial charge in [-0.2, -0.15) is 0 Å². The van der Waals surface area contributed by atoms with Gasteiger partial charge in [0, 0.05) is 18.2 Å². The number of benzene rings is 1. The van der Waals surface area contributed by atoms with Gasteiger partial charge in [-0.05, 0) is 31.0 Å². The lowest BCUT2D eigenvalue weighted by Gasteiger charge is -2.20. The summed E-state index contributed by atoms with van der Waals surface area (Å²) in [5, 5.41) is 19.9. The topological polar surface area (TPSA) is 74.6 Å². The zero-order chi connectivity index (χ0) is 15.3. The molecule has 2 unspecified atom stereocenters. The van der Waals surface area contributed by atoms with Crippen molar-refractivity contribution in [1.82, 2.24) is 0 Å². The molecule has 0 bridgehead atoms. The third-order valence-electron chi connectivity index (χ3n) is 2.80. The molecule has 1 rings (SSSR count). The Bertz CT molecular complexity index is 504. The second-order valence-electron chi connectivity index (χ2n) is 4.43. The smallest absolute Gasteiger partial charge is 0.185 e. The zero-order valence-corrected chi connectivity index (χ0v) is 12.1. The lowest BCUT2D eigenvalue weighted by molar-refractivity contribution is -0.109. The number of carbonyl (C=O) groups is 2. The van der Waals surface area contributed by atoms with E-state index in [0.29, 0.717) is 5.75 Å². The average Bonchev–Trinajstić information content (AvgIpc) is 2.37. The summed E-state index contributed by atoms with van der Waals surface area (Å²) in [5.41, 5.74) is 0.245. The molecule has 0 heterocycles. The Morgan fingerprint density at radius 2 is 1.95 bits per heavy atom. The summed E-state index contributed by atoms with van der Waals surface area (Å²) in [6.45, 7) is 2.68. The van der Waals surface area contributed by atoms with Crippen LogP contribution in [0.15, 0.2) is 18.2 Å². The molecule has 0 aliphatic rings. The fourth-order valence-corrected chi connectivity index (χ4v) is 2.43. The molecule has 0 radical (unpaired) electrons. The second kappa shape index (κ2) is 7.52. The zero-order valence-electron chi connectivity index (χ0n) is 11.3. The van der Waals surface area contributed by atoms with Gasteiger partial charge in [0.25, 0.3) is 0 Å². The van der Waals surface area contributed by atoms with E-state index in [9.17, 15) is 24.2 Å². The molecular weight excluding hydrogens is 283 g/mol. The number of rotatable bonds is 6. The van der Waals surface area contributed by atoms with Gasteiger partial charge in [0.1, 0.15) is 11.9 Å². The van der Waals surface area contributed by atoms with Crippen molar-refractivity contribution in [2.75, 3.05) is 5.75 Å². The van der Waals surface area contributed by atoms with Gasteiger partial charge in [-0.15, -0.1) is 0 Å². The quantitative estimate of drug-likeness (QED) is 0.787. The molecule has 0 fully saturated rings. The van der Waals surface area contributed by atoms with Gasteiger partial charge in [0.05, 0.1) is 6.10 Å². The van der Waals surface area contributed by atoms with Crippen LogP contribution in [-0.2, 0) is 4.79 Å². The highest BCUT2D eigenvalue weighted by Gasteiger charge is 2.23. The molecule has 4 nitrogen and oxygen atoms in total. The van der Waals surface area contributed by atoms with Crippen LogP contribution in [0.2, 0.25) is 0 Å². The van der Waals surface area contributed by atoms with Crippen LogP contribution in [0.4, 0.5) is 4.39 Å². The molecule has 0 aliphatic heterocycles. The Labute approximate surface area is 121 Å². The van der Waals surface area contributed by atoms with Crippen LogP contribution in [0, 0.1) is 5.82 Å². The van der Waals surface area contributed by atoms with Crippen LogP contribution in [0.5, 0.6) is 0 Å². The number of thioether (sulfide) groups is 1. The molecule has 2 N–H and O–H groups in total. The largest absolute Gasteiger partial charge is 0.390 e. The van der Waals surface area contributed by atoms with Gasteiger partial charge in [0.2, 0.25) is 0 Å². The summed E-state index contributed by atoms with van der Waals surface area (Å²) < 4.78 is 13.1. The van der Waals surface area contributed by atoms with Crippen molar-refractivity contribution in [3.8, 4) is 0 Å². The normalized spacial score (nSPS) is 13.8. The number of ketones is 1. The number of Topliss-reactive ketones (excluding diaryl/α,β-unsaturated/α-hetero) is 1. The predicted octanol–water partition coefficient (Wildman–Crippen LogP) is 2.09. The Morgan fingerprint density at radius 3 is 2.50 bits per heavy atom. The van der Waals surface area contributed by atoms with E-state index in [-0.39, 0.29) is 28.4 Å². The Balaban J connectivity index is 2.83. The molecule has 6 heteroatoms. The van der Waals surface area contributed by atoms with E-state index in [0.717, 1.165) is 23.9 Å². The highest BCUT2D eigenvalue weighted by molar-refractivity contribution is 8.13. The van der Waals surface area contributed by atoms with E-state index in [1.54, 1.807) is 0 Å². The van der Waals surface area contributed by atoms with Crippen LogP contribution < -0.4 is 0 Å². The van der Waals surface area contributed by atoms with Crippen molar-refractivity contribution >= 4 is 22.7 Å². The first-order chi connectivity index (χ1) is 9.32. The number of carbonyl (C=O) groups excluding carboxylic acids is 2. The maximum Gasteiger partial charge on any atom is 0.185 e. The molecular formula is C14H17FO4S. The molecule has 1 aromatic carbocycles. The first-order valence-electron chi connectivity index (χ1n) is 6.12. The van der Waals surface area contributed by atoms with Crippen molar-refractivity contribution in [2.45, 2.75) is 32.5 Å². The third kappa shape index (κ3) is 4.70. The van der Waals surface area contributed by atoms with E-state index >= 15 is 0 Å². The molecule has 110 valence electrons. The van der Waals surface area contributed by atoms with E-state index in [1.165, 1.54) is 19.9 Å². The van der Waals surface area contributed by atoms with Crippen LogP contribution >= 0.6 is 11.8 Å². The van der Waals surface area contributed by atoms with Gasteiger partial charge in [-0.3, -0.25) is 9.59 Å². The summed E-state index contributed by atoms with van der Waals surface area (Å²) in [6.07, 6.45) is -2.22. The fraction of sp³-hybridized carbons (Fsp3) is 0.429. The minimum absolute atomic E-state index is 0.0516. The van der Waals surface area contributed by atoms with Crippen LogP contribution in [0.1, 0.15) is 42.3 Å². The molecule has 1 aromatic rings. The van der Waals surface area contributed by atoms with Crippen LogP contribution in [0.25, 0.3) is 0 Å². The number of aliphatic hydroxyl groups excluding tert-OH is 2. The molecule has 0 spiro atoms. The molecule has 0 saturated heterocycles. The summed E-state index contributed by atoms with van der Waals surface area (Å²) in [7, 11) is 0. The van der Waals surface area contributed by atoms with Gasteiger partial charge in [-0.25, -0.2) is 4.39 Å².